The molecule has 4 nitrogen and oxygen atoms in total. The molecule has 19 heavy (non-hydrogen) atoms. The van der Waals surface area contributed by atoms with Gasteiger partial charge >= 0.3 is 0 Å². The fourth-order valence-electron chi connectivity index (χ4n) is 2.32. The van der Waals surface area contributed by atoms with Gasteiger partial charge in [0, 0.05) is 12.1 Å². The van der Waals surface area contributed by atoms with Crippen LogP contribution in [0.15, 0.2) is 18.3 Å². The molecule has 1 amide bonds. The highest BCUT2D eigenvalue weighted by Crippen LogP contribution is 2.21. The molecule has 0 bridgehead atoms. The standard InChI is InChI=1S/C15H23N3O/c1-3-11(2)17-15(19)14-9-8-13(10-16-14)18-12-6-4-5-7-12/h8-12,18H,3-7H2,1-2H3,(H,17,19). The Balaban J connectivity index is 1.91. The molecule has 0 saturated heterocycles. The minimum absolute atomic E-state index is 0.0956. The number of nitrogens with zero attached hydrogens (tertiary/aromatic N) is 1. The van der Waals surface area contributed by atoms with Gasteiger partial charge in [0.2, 0.25) is 0 Å². The predicted molar refractivity (Wildman–Crippen MR) is 77.3 cm³/mol. The van der Waals surface area contributed by atoms with Crippen LogP contribution >= 0.6 is 0 Å². The Hall–Kier alpha value is -1.58. The maximum absolute atomic E-state index is 11.9. The van der Waals surface area contributed by atoms with Crippen molar-refractivity contribution >= 4 is 11.6 Å². The number of amides is 1. The minimum atomic E-state index is -0.0956. The van der Waals surface area contributed by atoms with E-state index in [1.807, 2.05) is 19.9 Å². The van der Waals surface area contributed by atoms with Crippen molar-refractivity contribution in [2.24, 2.45) is 0 Å². The van der Waals surface area contributed by atoms with Gasteiger partial charge in [-0.25, -0.2) is 4.98 Å². The lowest BCUT2D eigenvalue weighted by Gasteiger charge is -2.14. The second-order valence-electron chi connectivity index (χ2n) is 5.34. The highest BCUT2D eigenvalue weighted by molar-refractivity contribution is 5.92. The third-order valence-electron chi connectivity index (χ3n) is 3.71. The number of hydrogen-bond acceptors (Lipinski definition) is 3. The molecule has 1 aromatic rings. The fourth-order valence-corrected chi connectivity index (χ4v) is 2.32. The van der Waals surface area contributed by atoms with Crippen LogP contribution in [0, 0.1) is 0 Å². The van der Waals surface area contributed by atoms with Crippen LogP contribution < -0.4 is 10.6 Å². The van der Waals surface area contributed by atoms with E-state index in [9.17, 15) is 4.79 Å². The Kier molecular flexibility index (Phi) is 4.77. The monoisotopic (exact) mass is 261 g/mol. The van der Waals surface area contributed by atoms with Gasteiger partial charge in [0.25, 0.3) is 5.91 Å². The predicted octanol–water partition coefficient (Wildman–Crippen LogP) is 2.96. The molecule has 0 aliphatic heterocycles. The van der Waals surface area contributed by atoms with Crippen molar-refractivity contribution < 1.29 is 4.79 Å². The van der Waals surface area contributed by atoms with Crippen molar-refractivity contribution in [1.29, 1.82) is 0 Å². The smallest absolute Gasteiger partial charge is 0.270 e. The van der Waals surface area contributed by atoms with Crippen LogP contribution in [-0.4, -0.2) is 23.0 Å². The summed E-state index contributed by atoms with van der Waals surface area (Å²) < 4.78 is 0. The van der Waals surface area contributed by atoms with Gasteiger partial charge in [0.1, 0.15) is 5.69 Å². The summed E-state index contributed by atoms with van der Waals surface area (Å²) in [4.78, 5) is 16.1. The summed E-state index contributed by atoms with van der Waals surface area (Å²) in [6.45, 7) is 4.04. The number of carbonyl (C=O) groups is 1. The van der Waals surface area contributed by atoms with Crippen LogP contribution in [0.1, 0.15) is 56.4 Å². The third-order valence-corrected chi connectivity index (χ3v) is 3.71. The zero-order valence-electron chi connectivity index (χ0n) is 11.8. The highest BCUT2D eigenvalue weighted by Gasteiger charge is 2.15. The first-order chi connectivity index (χ1) is 9.19. The van der Waals surface area contributed by atoms with Crippen molar-refractivity contribution in [1.82, 2.24) is 10.3 Å². The van der Waals surface area contributed by atoms with Crippen LogP contribution in [0.25, 0.3) is 0 Å². The largest absolute Gasteiger partial charge is 0.381 e. The van der Waals surface area contributed by atoms with E-state index < -0.39 is 0 Å². The van der Waals surface area contributed by atoms with Crippen molar-refractivity contribution in [3.8, 4) is 0 Å². The lowest BCUT2D eigenvalue weighted by Crippen LogP contribution is -2.32. The van der Waals surface area contributed by atoms with Crippen LogP contribution in [0.2, 0.25) is 0 Å². The summed E-state index contributed by atoms with van der Waals surface area (Å²) in [5, 5.41) is 6.38. The molecule has 2 rings (SSSR count). The summed E-state index contributed by atoms with van der Waals surface area (Å²) in [5.74, 6) is -0.0956. The van der Waals surface area contributed by atoms with Gasteiger partial charge in [-0.3, -0.25) is 4.79 Å². The second-order valence-corrected chi connectivity index (χ2v) is 5.34. The number of aromatic nitrogens is 1. The number of pyridine rings is 1. The van der Waals surface area contributed by atoms with Crippen LogP contribution in [-0.2, 0) is 0 Å². The quantitative estimate of drug-likeness (QED) is 0.856. The van der Waals surface area contributed by atoms with Gasteiger partial charge in [-0.15, -0.1) is 0 Å². The Morgan fingerprint density at radius 1 is 1.42 bits per heavy atom. The Morgan fingerprint density at radius 3 is 2.74 bits per heavy atom. The van der Waals surface area contributed by atoms with E-state index in [2.05, 4.69) is 15.6 Å². The van der Waals surface area contributed by atoms with Gasteiger partial charge in [-0.05, 0) is 38.3 Å². The molecule has 0 aromatic carbocycles. The molecule has 1 aliphatic carbocycles. The molecule has 1 unspecified atom stereocenters. The molecule has 0 radical (unpaired) electrons. The number of anilines is 1. The highest BCUT2D eigenvalue weighted by atomic mass is 16.1. The second kappa shape index (κ2) is 6.55. The van der Waals surface area contributed by atoms with Gasteiger partial charge in [0.15, 0.2) is 0 Å². The van der Waals surface area contributed by atoms with E-state index >= 15 is 0 Å². The lowest BCUT2D eigenvalue weighted by atomic mass is 10.2. The molecule has 1 heterocycles. The average molecular weight is 261 g/mol. The first-order valence-corrected chi connectivity index (χ1v) is 7.22. The molecular formula is C15H23N3O. The summed E-state index contributed by atoms with van der Waals surface area (Å²) >= 11 is 0. The molecule has 1 aromatic heterocycles. The van der Waals surface area contributed by atoms with Crippen LogP contribution in [0.4, 0.5) is 5.69 Å². The molecule has 1 saturated carbocycles. The zero-order valence-corrected chi connectivity index (χ0v) is 11.8. The number of carbonyl (C=O) groups excluding carboxylic acids is 1. The van der Waals surface area contributed by atoms with E-state index in [4.69, 9.17) is 0 Å². The van der Waals surface area contributed by atoms with E-state index in [-0.39, 0.29) is 11.9 Å². The van der Waals surface area contributed by atoms with Crippen molar-refractivity contribution in [3.05, 3.63) is 24.0 Å². The molecule has 1 atom stereocenters. The Bertz CT molecular complexity index is 410. The fraction of sp³-hybridized carbons (Fsp3) is 0.600. The summed E-state index contributed by atoms with van der Waals surface area (Å²) in [5.41, 5.74) is 1.49. The number of rotatable bonds is 5. The van der Waals surface area contributed by atoms with Crippen LogP contribution in [0.3, 0.4) is 0 Å². The first kappa shape index (κ1) is 13.8. The average Bonchev–Trinajstić information content (AvgIpc) is 2.92. The number of nitrogens with one attached hydrogen (secondary N) is 2. The van der Waals surface area contributed by atoms with E-state index in [1.165, 1.54) is 25.7 Å². The SMILES string of the molecule is CCC(C)NC(=O)c1ccc(NC2CCCC2)cn1. The molecule has 2 N–H and O–H groups in total. The Labute approximate surface area is 115 Å². The summed E-state index contributed by atoms with van der Waals surface area (Å²) in [7, 11) is 0. The Morgan fingerprint density at radius 2 is 2.16 bits per heavy atom. The molecule has 1 fully saturated rings. The van der Waals surface area contributed by atoms with Gasteiger partial charge < -0.3 is 10.6 Å². The molecular weight excluding hydrogens is 238 g/mol. The first-order valence-electron chi connectivity index (χ1n) is 7.22. The molecule has 104 valence electrons. The van der Waals surface area contributed by atoms with Gasteiger partial charge in [0.05, 0.1) is 11.9 Å². The molecule has 1 aliphatic rings. The van der Waals surface area contributed by atoms with Gasteiger partial charge in [-0.1, -0.05) is 19.8 Å². The van der Waals surface area contributed by atoms with Gasteiger partial charge in [-0.2, -0.15) is 0 Å². The normalized spacial score (nSPS) is 17.2. The maximum Gasteiger partial charge on any atom is 0.270 e. The van der Waals surface area contributed by atoms with Crippen LogP contribution in [0.5, 0.6) is 0 Å². The minimum Gasteiger partial charge on any atom is -0.381 e. The molecule has 0 spiro atoms. The van der Waals surface area contributed by atoms with Crippen molar-refractivity contribution in [3.63, 3.8) is 0 Å². The summed E-state index contributed by atoms with van der Waals surface area (Å²) in [6, 6.07) is 4.48. The van der Waals surface area contributed by atoms with Crippen molar-refractivity contribution in [2.45, 2.75) is 58.0 Å². The maximum atomic E-state index is 11.9. The molecule has 4 heteroatoms. The zero-order chi connectivity index (χ0) is 13.7. The van der Waals surface area contributed by atoms with E-state index in [0.29, 0.717) is 11.7 Å². The topological polar surface area (TPSA) is 54.0 Å². The summed E-state index contributed by atoms with van der Waals surface area (Å²) in [6.07, 6.45) is 7.75. The van der Waals surface area contributed by atoms with E-state index in [1.54, 1.807) is 12.3 Å². The van der Waals surface area contributed by atoms with Crippen molar-refractivity contribution in [2.75, 3.05) is 5.32 Å². The third kappa shape index (κ3) is 3.94. The number of hydrogen-bond donors (Lipinski definition) is 2. The lowest BCUT2D eigenvalue weighted by molar-refractivity contribution is 0.0934. The van der Waals surface area contributed by atoms with E-state index in [0.717, 1.165) is 12.1 Å².